The van der Waals surface area contributed by atoms with Crippen molar-refractivity contribution in [2.24, 2.45) is 0 Å². The van der Waals surface area contributed by atoms with E-state index in [0.29, 0.717) is 15.7 Å². The molecule has 6 heteroatoms. The number of thiophene rings is 1. The van der Waals surface area contributed by atoms with Crippen molar-refractivity contribution in [2.75, 3.05) is 12.4 Å². The Morgan fingerprint density at radius 1 is 1.13 bits per heavy atom. The van der Waals surface area contributed by atoms with Gasteiger partial charge in [0.2, 0.25) is 0 Å². The molecule has 0 aliphatic heterocycles. The van der Waals surface area contributed by atoms with E-state index in [1.807, 2.05) is 37.3 Å². The molecule has 0 bridgehead atoms. The zero-order chi connectivity index (χ0) is 21.1. The molecule has 1 atom stereocenters. The summed E-state index contributed by atoms with van der Waals surface area (Å²) in [4.78, 5) is 13.7. The van der Waals surface area contributed by atoms with E-state index in [4.69, 9.17) is 17.0 Å². The second-order valence-electron chi connectivity index (χ2n) is 7.34. The van der Waals surface area contributed by atoms with Gasteiger partial charge in [0, 0.05) is 10.4 Å². The third kappa shape index (κ3) is 4.11. The van der Waals surface area contributed by atoms with E-state index in [2.05, 4.69) is 34.9 Å². The molecular weight excluding hydrogens is 412 g/mol. The molecule has 0 saturated heterocycles. The maximum Gasteiger partial charge on any atom is 0.341 e. The summed E-state index contributed by atoms with van der Waals surface area (Å²) < 4.78 is 5.09. The maximum absolute atomic E-state index is 12.7. The highest BCUT2D eigenvalue weighted by Crippen LogP contribution is 2.40. The molecule has 2 N–H and O–H groups in total. The predicted octanol–water partition coefficient (Wildman–Crippen LogP) is 5.87. The number of anilines is 1. The van der Waals surface area contributed by atoms with Crippen molar-refractivity contribution in [3.05, 3.63) is 76.2 Å². The van der Waals surface area contributed by atoms with Crippen molar-refractivity contribution in [2.45, 2.75) is 32.2 Å². The van der Waals surface area contributed by atoms with E-state index in [1.54, 1.807) is 0 Å². The average Bonchev–Trinajstić information content (AvgIpc) is 3.09. The van der Waals surface area contributed by atoms with Gasteiger partial charge in [-0.3, -0.25) is 0 Å². The lowest BCUT2D eigenvalue weighted by molar-refractivity contribution is 0.0603. The summed E-state index contributed by atoms with van der Waals surface area (Å²) in [5, 5.41) is 7.95. The van der Waals surface area contributed by atoms with Crippen LogP contribution in [0.25, 0.3) is 11.1 Å². The lowest BCUT2D eigenvalue weighted by Gasteiger charge is -2.27. The van der Waals surface area contributed by atoms with Crippen molar-refractivity contribution >= 4 is 39.6 Å². The van der Waals surface area contributed by atoms with Crippen LogP contribution in [0.3, 0.4) is 0 Å². The molecule has 2 aromatic carbocycles. The Hall–Kier alpha value is -2.70. The second kappa shape index (κ2) is 8.98. The predicted molar refractivity (Wildman–Crippen MR) is 127 cm³/mol. The van der Waals surface area contributed by atoms with Crippen molar-refractivity contribution in [3.63, 3.8) is 0 Å². The first kappa shape index (κ1) is 20.6. The molecule has 1 aliphatic carbocycles. The van der Waals surface area contributed by atoms with E-state index in [-0.39, 0.29) is 12.0 Å². The van der Waals surface area contributed by atoms with Crippen LogP contribution in [0.4, 0.5) is 5.00 Å². The first-order valence-electron chi connectivity index (χ1n) is 10.0. The topological polar surface area (TPSA) is 50.4 Å². The zero-order valence-corrected chi connectivity index (χ0v) is 18.7. The van der Waals surface area contributed by atoms with Crippen molar-refractivity contribution in [1.82, 2.24) is 5.32 Å². The molecular formula is C24H24N2O2S2. The quantitative estimate of drug-likeness (QED) is 0.395. The van der Waals surface area contributed by atoms with Gasteiger partial charge in [0.05, 0.1) is 13.2 Å². The van der Waals surface area contributed by atoms with Crippen LogP contribution in [0.2, 0.25) is 0 Å². The number of aryl methyl sites for hydroxylation is 2. The lowest BCUT2D eigenvalue weighted by atomic mass is 9.88. The molecule has 0 fully saturated rings. The van der Waals surface area contributed by atoms with Gasteiger partial charge in [0.1, 0.15) is 10.6 Å². The van der Waals surface area contributed by atoms with Crippen LogP contribution < -0.4 is 10.6 Å². The van der Waals surface area contributed by atoms with Gasteiger partial charge in [0.15, 0.2) is 5.11 Å². The number of esters is 1. The van der Waals surface area contributed by atoms with Crippen molar-refractivity contribution in [1.29, 1.82) is 0 Å². The molecule has 4 nitrogen and oxygen atoms in total. The summed E-state index contributed by atoms with van der Waals surface area (Å²) in [6.07, 6.45) is 3.26. The van der Waals surface area contributed by atoms with Crippen LogP contribution >= 0.6 is 23.6 Å². The number of ether oxygens (including phenoxy) is 1. The first-order chi connectivity index (χ1) is 14.6. The number of nitrogens with one attached hydrogen (secondary N) is 2. The van der Waals surface area contributed by atoms with Gasteiger partial charge in [-0.05, 0) is 55.1 Å². The number of methoxy groups -OCH3 is 1. The summed E-state index contributed by atoms with van der Waals surface area (Å²) in [5.74, 6) is -0.369. The summed E-state index contributed by atoms with van der Waals surface area (Å²) in [6.45, 7) is 2.01. The number of carbonyl (C=O) groups is 1. The van der Waals surface area contributed by atoms with Crippen LogP contribution in [0.1, 0.15) is 45.2 Å². The molecule has 154 valence electrons. The summed E-state index contributed by atoms with van der Waals surface area (Å²) in [5.41, 5.74) is 5.07. The highest BCUT2D eigenvalue weighted by Gasteiger charge is 2.25. The Kier molecular flexibility index (Phi) is 6.16. The molecule has 1 unspecified atom stereocenters. The fourth-order valence-electron chi connectivity index (χ4n) is 4.08. The minimum Gasteiger partial charge on any atom is -0.465 e. The SMILES string of the molecule is COC(=O)c1c(NC(=S)NC2CCCc3ccccc32)sc(C)c1-c1ccccc1. The van der Waals surface area contributed by atoms with Crippen LogP contribution in [0.5, 0.6) is 0 Å². The maximum atomic E-state index is 12.7. The summed E-state index contributed by atoms with van der Waals surface area (Å²) >= 11 is 7.15. The van der Waals surface area contributed by atoms with Crippen LogP contribution in [0, 0.1) is 6.92 Å². The summed E-state index contributed by atoms with van der Waals surface area (Å²) in [6, 6.07) is 18.6. The minimum atomic E-state index is -0.369. The molecule has 1 aromatic heterocycles. The molecule has 4 rings (SSSR count). The molecule has 1 aliphatic rings. The van der Waals surface area contributed by atoms with Gasteiger partial charge in [-0.15, -0.1) is 11.3 Å². The van der Waals surface area contributed by atoms with Gasteiger partial charge in [-0.1, -0.05) is 54.6 Å². The molecule has 0 radical (unpaired) electrons. The Labute approximate surface area is 186 Å². The highest BCUT2D eigenvalue weighted by atomic mass is 32.1. The van der Waals surface area contributed by atoms with Crippen LogP contribution in [-0.2, 0) is 11.2 Å². The Bertz CT molecular complexity index is 1080. The fourth-order valence-corrected chi connectivity index (χ4v) is 5.46. The van der Waals surface area contributed by atoms with Gasteiger partial charge >= 0.3 is 5.97 Å². The van der Waals surface area contributed by atoms with Crippen molar-refractivity contribution < 1.29 is 9.53 Å². The van der Waals surface area contributed by atoms with Crippen LogP contribution in [-0.4, -0.2) is 18.2 Å². The van der Waals surface area contributed by atoms with Gasteiger partial charge in [-0.2, -0.15) is 0 Å². The fraction of sp³-hybridized carbons (Fsp3) is 0.250. The molecule has 30 heavy (non-hydrogen) atoms. The minimum absolute atomic E-state index is 0.172. The average molecular weight is 437 g/mol. The van der Waals surface area contributed by atoms with E-state index < -0.39 is 0 Å². The standard InChI is InChI=1S/C24H24N2O2S2/c1-15-20(17-10-4-3-5-11-17)21(23(27)28-2)22(30-15)26-24(29)25-19-14-8-12-16-9-6-7-13-18(16)19/h3-7,9-11,13,19H,8,12,14H2,1-2H3,(H2,25,26,29). The van der Waals surface area contributed by atoms with E-state index in [9.17, 15) is 4.79 Å². The van der Waals surface area contributed by atoms with E-state index in [1.165, 1.54) is 29.6 Å². The Morgan fingerprint density at radius 2 is 1.87 bits per heavy atom. The monoisotopic (exact) mass is 436 g/mol. The van der Waals surface area contributed by atoms with Gasteiger partial charge in [0.25, 0.3) is 0 Å². The van der Waals surface area contributed by atoms with Gasteiger partial charge < -0.3 is 15.4 Å². The molecule has 3 aromatic rings. The van der Waals surface area contributed by atoms with Crippen molar-refractivity contribution in [3.8, 4) is 11.1 Å². The number of carbonyl (C=O) groups excluding carboxylic acids is 1. The third-order valence-corrected chi connectivity index (χ3v) is 6.68. The Morgan fingerprint density at radius 3 is 2.63 bits per heavy atom. The normalized spacial score (nSPS) is 15.2. The molecule has 0 spiro atoms. The Balaban J connectivity index is 1.61. The van der Waals surface area contributed by atoms with E-state index >= 15 is 0 Å². The first-order valence-corrected chi connectivity index (χ1v) is 11.2. The number of benzene rings is 2. The van der Waals surface area contributed by atoms with Crippen LogP contribution in [0.15, 0.2) is 54.6 Å². The van der Waals surface area contributed by atoms with Gasteiger partial charge in [-0.25, -0.2) is 4.79 Å². The largest absolute Gasteiger partial charge is 0.465 e. The second-order valence-corrected chi connectivity index (χ2v) is 8.97. The number of thiocarbonyl (C=S) groups is 1. The number of hydrogen-bond acceptors (Lipinski definition) is 4. The number of rotatable bonds is 4. The molecule has 0 saturated carbocycles. The smallest absolute Gasteiger partial charge is 0.341 e. The summed E-state index contributed by atoms with van der Waals surface area (Å²) in [7, 11) is 1.41. The lowest BCUT2D eigenvalue weighted by Crippen LogP contribution is -2.34. The third-order valence-electron chi connectivity index (χ3n) is 5.44. The van der Waals surface area contributed by atoms with E-state index in [0.717, 1.165) is 35.3 Å². The molecule has 1 heterocycles. The zero-order valence-electron chi connectivity index (χ0n) is 17.0. The number of hydrogen-bond donors (Lipinski definition) is 2. The molecule has 0 amide bonds. The highest BCUT2D eigenvalue weighted by molar-refractivity contribution is 7.80. The number of fused-ring (bicyclic) bond motifs is 1.